The molecule has 0 atom stereocenters. The first-order valence-electron chi connectivity index (χ1n) is 10.6. The molecule has 1 saturated heterocycles. The van der Waals surface area contributed by atoms with Crippen LogP contribution in [0.4, 0.5) is 5.00 Å². The number of hydrogen-bond donors (Lipinski definition) is 2. The largest absolute Gasteiger partial charge is 0.497 e. The van der Waals surface area contributed by atoms with Gasteiger partial charge in [-0.05, 0) is 49.1 Å². The number of hydrogen-bond acceptors (Lipinski definition) is 5. The zero-order chi connectivity index (χ0) is 22.6. The lowest BCUT2D eigenvalue weighted by Crippen LogP contribution is -2.44. The Morgan fingerprint density at radius 2 is 1.81 bits per heavy atom. The molecule has 7 heteroatoms. The highest BCUT2D eigenvalue weighted by atomic mass is 32.1. The third kappa shape index (κ3) is 5.46. The summed E-state index contributed by atoms with van der Waals surface area (Å²) in [6.07, 6.45) is 1.69. The summed E-state index contributed by atoms with van der Waals surface area (Å²) >= 11 is 1.31. The van der Waals surface area contributed by atoms with E-state index in [1.165, 1.54) is 16.9 Å². The molecule has 2 amide bonds. The highest BCUT2D eigenvalue weighted by Gasteiger charge is 2.35. The monoisotopic (exact) mass is 444 g/mol. The number of nitrogens with one attached hydrogen (secondary N) is 2. The summed E-state index contributed by atoms with van der Waals surface area (Å²) < 4.78 is 10.9. The molecule has 1 fully saturated rings. The maximum Gasteiger partial charge on any atom is 0.261 e. The number of aryl methyl sites for hydroxylation is 1. The van der Waals surface area contributed by atoms with Gasteiger partial charge in [0.25, 0.3) is 5.91 Å². The minimum Gasteiger partial charge on any atom is -0.497 e. The summed E-state index contributed by atoms with van der Waals surface area (Å²) in [5.74, 6) is 0.633. The lowest BCUT2D eigenvalue weighted by atomic mass is 9.74. The van der Waals surface area contributed by atoms with Crippen LogP contribution in [0.5, 0.6) is 5.75 Å². The molecule has 168 valence electrons. The lowest BCUT2D eigenvalue weighted by molar-refractivity contribution is -0.123. The molecule has 2 aromatic rings. The zero-order valence-corrected chi connectivity index (χ0v) is 19.8. The van der Waals surface area contributed by atoms with Crippen molar-refractivity contribution in [2.24, 2.45) is 5.41 Å². The van der Waals surface area contributed by atoms with Crippen molar-refractivity contribution in [3.05, 3.63) is 46.3 Å². The first kappa shape index (κ1) is 23.3. The molecule has 0 unspecified atom stereocenters. The van der Waals surface area contributed by atoms with Gasteiger partial charge in [0, 0.05) is 30.6 Å². The van der Waals surface area contributed by atoms with Crippen LogP contribution < -0.4 is 15.4 Å². The molecule has 1 aliphatic heterocycles. The third-order valence-corrected chi connectivity index (χ3v) is 6.93. The normalized spacial score (nSPS) is 15.9. The number of rotatable bonds is 6. The van der Waals surface area contributed by atoms with Gasteiger partial charge in [-0.1, -0.05) is 32.9 Å². The van der Waals surface area contributed by atoms with Gasteiger partial charge in [-0.25, -0.2) is 0 Å². The van der Waals surface area contributed by atoms with Crippen LogP contribution >= 0.6 is 11.3 Å². The second-order valence-electron chi connectivity index (χ2n) is 9.13. The molecule has 31 heavy (non-hydrogen) atoms. The maximum atomic E-state index is 13.0. The molecule has 3 rings (SSSR count). The zero-order valence-electron chi connectivity index (χ0n) is 19.0. The summed E-state index contributed by atoms with van der Waals surface area (Å²) in [5, 5.41) is 6.76. The molecule has 0 radical (unpaired) electrons. The molecular weight excluding hydrogens is 412 g/mol. The molecule has 1 aromatic carbocycles. The molecule has 0 aliphatic carbocycles. The number of anilines is 1. The smallest absolute Gasteiger partial charge is 0.261 e. The second kappa shape index (κ2) is 9.40. The summed E-state index contributed by atoms with van der Waals surface area (Å²) in [6, 6.07) is 9.93. The Hall–Kier alpha value is -2.38. The van der Waals surface area contributed by atoms with E-state index in [9.17, 15) is 9.59 Å². The molecule has 0 bridgehead atoms. The number of benzene rings is 1. The van der Waals surface area contributed by atoms with Crippen LogP contribution in [0.3, 0.4) is 0 Å². The van der Waals surface area contributed by atoms with Crippen LogP contribution in [0.2, 0.25) is 0 Å². The van der Waals surface area contributed by atoms with Crippen molar-refractivity contribution in [3.8, 4) is 5.75 Å². The van der Waals surface area contributed by atoms with E-state index >= 15 is 0 Å². The molecule has 2 heterocycles. The fraction of sp³-hybridized carbons (Fsp3) is 0.500. The van der Waals surface area contributed by atoms with Gasteiger partial charge in [0.2, 0.25) is 5.91 Å². The van der Waals surface area contributed by atoms with Crippen molar-refractivity contribution in [2.45, 2.75) is 46.0 Å². The van der Waals surface area contributed by atoms with Gasteiger partial charge in [-0.2, -0.15) is 0 Å². The first-order valence-corrected chi connectivity index (χ1v) is 11.4. The summed E-state index contributed by atoms with van der Waals surface area (Å²) in [4.78, 5) is 25.9. The van der Waals surface area contributed by atoms with Crippen molar-refractivity contribution in [1.29, 1.82) is 0 Å². The van der Waals surface area contributed by atoms with E-state index in [0.29, 0.717) is 29.6 Å². The van der Waals surface area contributed by atoms with Crippen molar-refractivity contribution in [2.75, 3.05) is 32.2 Å². The highest BCUT2D eigenvalue weighted by molar-refractivity contribution is 7.18. The van der Waals surface area contributed by atoms with Crippen molar-refractivity contribution in [1.82, 2.24) is 5.32 Å². The van der Waals surface area contributed by atoms with E-state index in [-0.39, 0.29) is 17.2 Å². The van der Waals surface area contributed by atoms with Crippen molar-refractivity contribution in [3.63, 3.8) is 0 Å². The van der Waals surface area contributed by atoms with E-state index < -0.39 is 5.41 Å². The quantitative estimate of drug-likeness (QED) is 0.686. The molecule has 0 saturated carbocycles. The van der Waals surface area contributed by atoms with E-state index in [1.807, 2.05) is 45.9 Å². The number of thiophene rings is 1. The van der Waals surface area contributed by atoms with E-state index in [1.54, 1.807) is 7.11 Å². The Labute approximate surface area is 188 Å². The highest BCUT2D eigenvalue weighted by Crippen LogP contribution is 2.36. The standard InChI is InChI=1S/C24H32N2O4S/c1-16-14-19(26-22(28)23(2,3)4)31-20(16)21(27)25-15-24(10-12-30-13-11-24)17-6-8-18(29-5)9-7-17/h6-9,14H,10-13,15H2,1-5H3,(H,25,27)(H,26,28). The van der Waals surface area contributed by atoms with Crippen LogP contribution in [-0.4, -0.2) is 38.7 Å². The summed E-state index contributed by atoms with van der Waals surface area (Å²) in [5.41, 5.74) is 1.37. The Morgan fingerprint density at radius 1 is 1.16 bits per heavy atom. The average Bonchev–Trinajstić information content (AvgIpc) is 3.12. The fourth-order valence-electron chi connectivity index (χ4n) is 3.67. The Bertz CT molecular complexity index is 922. The van der Waals surface area contributed by atoms with Gasteiger partial charge in [-0.15, -0.1) is 11.3 Å². The summed E-state index contributed by atoms with van der Waals surface area (Å²) in [7, 11) is 1.65. The Kier molecular flexibility index (Phi) is 7.06. The van der Waals surface area contributed by atoms with E-state index in [4.69, 9.17) is 9.47 Å². The van der Waals surface area contributed by atoms with Crippen LogP contribution in [-0.2, 0) is 14.9 Å². The minimum atomic E-state index is -0.492. The predicted octanol–water partition coefficient (Wildman–Crippen LogP) is 4.53. The Morgan fingerprint density at radius 3 is 2.39 bits per heavy atom. The first-order chi connectivity index (χ1) is 14.6. The minimum absolute atomic E-state index is 0.0682. The SMILES string of the molecule is COc1ccc(C2(CNC(=O)c3sc(NC(=O)C(C)(C)C)cc3C)CCOCC2)cc1. The summed E-state index contributed by atoms with van der Waals surface area (Å²) in [6.45, 7) is 9.36. The molecule has 6 nitrogen and oxygen atoms in total. The van der Waals surface area contributed by atoms with Crippen molar-refractivity contribution < 1.29 is 19.1 Å². The number of carbonyl (C=O) groups is 2. The molecule has 1 aromatic heterocycles. The number of ether oxygens (including phenoxy) is 2. The number of carbonyl (C=O) groups excluding carboxylic acids is 2. The van der Waals surface area contributed by atoms with Gasteiger partial charge < -0.3 is 20.1 Å². The van der Waals surface area contributed by atoms with E-state index in [2.05, 4.69) is 22.8 Å². The molecule has 0 spiro atoms. The molecular formula is C24H32N2O4S. The van der Waals surface area contributed by atoms with Crippen LogP contribution in [0.25, 0.3) is 0 Å². The topological polar surface area (TPSA) is 76.7 Å². The Balaban J connectivity index is 1.73. The maximum absolute atomic E-state index is 13.0. The molecule has 2 N–H and O–H groups in total. The van der Waals surface area contributed by atoms with Crippen molar-refractivity contribution >= 4 is 28.2 Å². The van der Waals surface area contributed by atoms with Crippen LogP contribution in [0.1, 0.15) is 54.4 Å². The average molecular weight is 445 g/mol. The van der Waals surface area contributed by atoms with E-state index in [0.717, 1.165) is 24.2 Å². The van der Waals surface area contributed by atoms with Crippen LogP contribution in [0.15, 0.2) is 30.3 Å². The number of methoxy groups -OCH3 is 1. The predicted molar refractivity (Wildman–Crippen MR) is 124 cm³/mol. The van der Waals surface area contributed by atoms with Gasteiger partial charge in [0.05, 0.1) is 17.0 Å². The number of amides is 2. The third-order valence-electron chi connectivity index (χ3n) is 5.78. The molecule has 1 aliphatic rings. The lowest BCUT2D eigenvalue weighted by Gasteiger charge is -2.38. The van der Waals surface area contributed by atoms with Crippen LogP contribution in [0, 0.1) is 12.3 Å². The van der Waals surface area contributed by atoms with Gasteiger partial charge in [0.1, 0.15) is 5.75 Å². The van der Waals surface area contributed by atoms with Gasteiger partial charge >= 0.3 is 0 Å². The van der Waals surface area contributed by atoms with Gasteiger partial charge in [-0.3, -0.25) is 9.59 Å². The second-order valence-corrected chi connectivity index (χ2v) is 10.2. The fourth-order valence-corrected chi connectivity index (χ4v) is 4.66. The van der Waals surface area contributed by atoms with Gasteiger partial charge in [0.15, 0.2) is 0 Å².